The molecule has 1 saturated heterocycles. The maximum absolute atomic E-state index is 11.2. The summed E-state index contributed by atoms with van der Waals surface area (Å²) in [5, 5.41) is 13.5. The number of hydrogen-bond acceptors (Lipinski definition) is 6. The molecule has 5 rings (SSSR count). The van der Waals surface area contributed by atoms with Crippen LogP contribution in [0.4, 0.5) is 5.69 Å². The topological polar surface area (TPSA) is 97.1 Å². The number of aromatic nitrogens is 1. The number of carbonyl (C=O) groups is 1. The van der Waals surface area contributed by atoms with E-state index in [0.717, 1.165) is 16.9 Å². The van der Waals surface area contributed by atoms with Crippen LogP contribution in [-0.2, 0) is 4.74 Å². The molecule has 2 aromatic heterocycles. The Labute approximate surface area is 229 Å². The van der Waals surface area contributed by atoms with Crippen LogP contribution in [0.3, 0.4) is 0 Å². The average Bonchev–Trinajstić information content (AvgIpc) is 3.55. The van der Waals surface area contributed by atoms with E-state index in [1.54, 1.807) is 49.7 Å². The third-order valence-electron chi connectivity index (χ3n) is 6.17. The quantitative estimate of drug-likeness (QED) is 0.195. The third-order valence-corrected chi connectivity index (χ3v) is 6.78. The molecule has 0 aliphatic carbocycles. The number of ether oxygens (including phenoxy) is 2. The molecule has 3 heterocycles. The predicted octanol–water partition coefficient (Wildman–Crippen LogP) is 5.90. The molecule has 1 aliphatic rings. The molecule has 8 nitrogen and oxygen atoms in total. The highest BCUT2D eigenvalue weighted by Gasteiger charge is 2.42. The number of anilines is 1. The zero-order valence-corrected chi connectivity index (χ0v) is 21.9. The van der Waals surface area contributed by atoms with Crippen LogP contribution in [0.1, 0.15) is 33.9 Å². The van der Waals surface area contributed by atoms with E-state index in [9.17, 15) is 9.90 Å². The molecular weight excluding hydrogens is 526 g/mol. The number of halogens is 1. The molecule has 1 fully saturated rings. The summed E-state index contributed by atoms with van der Waals surface area (Å²) in [5.74, 6) is 0.828. The fraction of sp³-hybridized carbons (Fsp3) is 0.179. The number of carboxylic acid groups (broad SMARTS) is 1. The molecule has 38 heavy (non-hydrogen) atoms. The van der Waals surface area contributed by atoms with E-state index < -0.39 is 5.97 Å². The number of nitrogens with zero attached hydrogens (tertiary/aromatic N) is 2. The number of rotatable bonds is 9. The van der Waals surface area contributed by atoms with Gasteiger partial charge in [0.15, 0.2) is 5.11 Å². The van der Waals surface area contributed by atoms with Crippen molar-refractivity contribution < 1.29 is 23.8 Å². The minimum absolute atomic E-state index is 0.207. The highest BCUT2D eigenvalue weighted by molar-refractivity contribution is 7.80. The summed E-state index contributed by atoms with van der Waals surface area (Å²) in [7, 11) is 1.61. The van der Waals surface area contributed by atoms with E-state index >= 15 is 0 Å². The molecule has 1 aliphatic heterocycles. The van der Waals surface area contributed by atoms with E-state index in [4.69, 9.17) is 37.7 Å². The van der Waals surface area contributed by atoms with E-state index in [0.29, 0.717) is 40.6 Å². The second-order valence-electron chi connectivity index (χ2n) is 8.54. The molecule has 10 heteroatoms. The standard InChI is InChI=1S/C28H24ClN3O5S/c1-35-14-15-36-23-10-9-19(16-20(23)29)32-26(25(31-28(32)38)21-4-2-3-13-30-21)24-12-11-22(37-24)17-5-7-18(8-6-17)27(33)34/h2-13,16,25-26H,14-15H2,1H3,(H,31,38)(H,33,34)/t25-,26-/m1/s1. The molecule has 0 radical (unpaired) electrons. The molecule has 194 valence electrons. The van der Waals surface area contributed by atoms with E-state index in [2.05, 4.69) is 10.3 Å². The molecule has 0 bridgehead atoms. The molecule has 4 aromatic rings. The Morgan fingerprint density at radius 3 is 2.63 bits per heavy atom. The lowest BCUT2D eigenvalue weighted by Crippen LogP contribution is -2.29. The van der Waals surface area contributed by atoms with Crippen molar-refractivity contribution in [3.63, 3.8) is 0 Å². The van der Waals surface area contributed by atoms with Gasteiger partial charge in [-0.2, -0.15) is 0 Å². The van der Waals surface area contributed by atoms with E-state index in [1.807, 2.05) is 41.3 Å². The van der Waals surface area contributed by atoms with Gasteiger partial charge in [-0.25, -0.2) is 4.79 Å². The van der Waals surface area contributed by atoms with Gasteiger partial charge in [-0.05, 0) is 66.8 Å². The Kier molecular flexibility index (Phi) is 7.59. The molecule has 0 spiro atoms. The van der Waals surface area contributed by atoms with Crippen molar-refractivity contribution in [3.05, 3.63) is 101 Å². The monoisotopic (exact) mass is 549 g/mol. The first-order chi connectivity index (χ1) is 18.5. The Balaban J connectivity index is 1.51. The smallest absolute Gasteiger partial charge is 0.335 e. The Hall–Kier alpha value is -3.92. The van der Waals surface area contributed by atoms with Crippen molar-refractivity contribution >= 4 is 40.6 Å². The fourth-order valence-corrected chi connectivity index (χ4v) is 4.93. The summed E-state index contributed by atoms with van der Waals surface area (Å²) < 4.78 is 17.1. The maximum Gasteiger partial charge on any atom is 0.335 e. The number of hydrogen-bond donors (Lipinski definition) is 2. The van der Waals surface area contributed by atoms with Gasteiger partial charge in [-0.15, -0.1) is 0 Å². The number of nitrogens with one attached hydrogen (secondary N) is 1. The lowest BCUT2D eigenvalue weighted by molar-refractivity contribution is 0.0697. The second-order valence-corrected chi connectivity index (χ2v) is 9.33. The zero-order valence-electron chi connectivity index (χ0n) is 20.3. The van der Waals surface area contributed by atoms with Crippen LogP contribution < -0.4 is 15.0 Å². The highest BCUT2D eigenvalue weighted by Crippen LogP contribution is 2.44. The number of benzene rings is 2. The summed E-state index contributed by atoms with van der Waals surface area (Å²) in [6.07, 6.45) is 1.74. The fourth-order valence-electron chi connectivity index (χ4n) is 4.36. The van der Waals surface area contributed by atoms with E-state index in [1.165, 1.54) is 0 Å². The summed E-state index contributed by atoms with van der Waals surface area (Å²) in [6.45, 7) is 0.831. The average molecular weight is 550 g/mol. The van der Waals surface area contributed by atoms with Crippen LogP contribution in [0.25, 0.3) is 11.3 Å². The van der Waals surface area contributed by atoms with Crippen LogP contribution in [0, 0.1) is 0 Å². The summed E-state index contributed by atoms with van der Waals surface area (Å²) in [4.78, 5) is 17.7. The first-order valence-corrected chi connectivity index (χ1v) is 12.6. The normalized spacial score (nSPS) is 16.9. The molecular formula is C28H24ClN3O5S. The Morgan fingerprint density at radius 1 is 1.13 bits per heavy atom. The maximum atomic E-state index is 11.2. The molecule has 0 unspecified atom stereocenters. The largest absolute Gasteiger partial charge is 0.490 e. The highest BCUT2D eigenvalue weighted by atomic mass is 35.5. The van der Waals surface area contributed by atoms with Gasteiger partial charge in [0.1, 0.15) is 29.9 Å². The first-order valence-electron chi connectivity index (χ1n) is 11.8. The van der Waals surface area contributed by atoms with Crippen molar-refractivity contribution in [2.75, 3.05) is 25.2 Å². The number of methoxy groups -OCH3 is 1. The van der Waals surface area contributed by atoms with Crippen molar-refractivity contribution in [1.29, 1.82) is 0 Å². The van der Waals surface area contributed by atoms with Gasteiger partial charge in [0.2, 0.25) is 0 Å². The number of pyridine rings is 1. The third kappa shape index (κ3) is 5.22. The van der Waals surface area contributed by atoms with Gasteiger partial charge >= 0.3 is 5.97 Å². The van der Waals surface area contributed by atoms with Gasteiger partial charge in [-0.3, -0.25) is 4.98 Å². The van der Waals surface area contributed by atoms with Gasteiger partial charge in [0.05, 0.1) is 28.9 Å². The first kappa shape index (κ1) is 25.7. The van der Waals surface area contributed by atoms with Crippen LogP contribution in [0.15, 0.2) is 83.4 Å². The minimum atomic E-state index is -0.982. The number of thiocarbonyl (C=S) groups is 1. The van der Waals surface area contributed by atoms with Crippen molar-refractivity contribution in [3.8, 4) is 17.1 Å². The van der Waals surface area contributed by atoms with Crippen LogP contribution in [-0.4, -0.2) is 41.5 Å². The van der Waals surface area contributed by atoms with Crippen molar-refractivity contribution in [2.45, 2.75) is 12.1 Å². The summed E-state index contributed by atoms with van der Waals surface area (Å²) >= 11 is 12.3. The van der Waals surface area contributed by atoms with Crippen molar-refractivity contribution in [1.82, 2.24) is 10.3 Å². The Morgan fingerprint density at radius 2 is 1.95 bits per heavy atom. The van der Waals surface area contributed by atoms with Crippen molar-refractivity contribution in [2.24, 2.45) is 0 Å². The van der Waals surface area contributed by atoms with Crippen LogP contribution in [0.2, 0.25) is 5.02 Å². The molecule has 2 N–H and O–H groups in total. The SMILES string of the molecule is COCCOc1ccc(N2C(=S)N[C@H](c3ccccn3)[C@H]2c2ccc(-c3ccc(C(=O)O)cc3)o2)cc1Cl. The lowest BCUT2D eigenvalue weighted by Gasteiger charge is -2.26. The summed E-state index contributed by atoms with van der Waals surface area (Å²) in [6, 6.07) is 20.8. The van der Waals surface area contributed by atoms with Gasteiger partial charge in [0, 0.05) is 24.6 Å². The number of carboxylic acids is 1. The van der Waals surface area contributed by atoms with Gasteiger partial charge < -0.3 is 29.2 Å². The molecule has 2 atom stereocenters. The zero-order chi connectivity index (χ0) is 26.6. The molecule has 0 saturated carbocycles. The lowest BCUT2D eigenvalue weighted by atomic mass is 10.0. The minimum Gasteiger partial charge on any atom is -0.490 e. The number of aromatic carboxylic acids is 1. The predicted molar refractivity (Wildman–Crippen MR) is 148 cm³/mol. The summed E-state index contributed by atoms with van der Waals surface area (Å²) in [5.41, 5.74) is 2.53. The van der Waals surface area contributed by atoms with Crippen LogP contribution in [0.5, 0.6) is 5.75 Å². The van der Waals surface area contributed by atoms with Gasteiger partial charge in [0.25, 0.3) is 0 Å². The Bertz CT molecular complexity index is 1440. The number of furan rings is 1. The van der Waals surface area contributed by atoms with Gasteiger partial charge in [-0.1, -0.05) is 29.8 Å². The molecule has 2 aromatic carbocycles. The molecule has 0 amide bonds. The van der Waals surface area contributed by atoms with E-state index in [-0.39, 0.29) is 17.6 Å². The van der Waals surface area contributed by atoms with Crippen LogP contribution >= 0.6 is 23.8 Å². The second kappa shape index (κ2) is 11.2.